The fraction of sp³-hybridized carbons (Fsp3) is 0.333. The van der Waals surface area contributed by atoms with Crippen LogP contribution in [0.2, 0.25) is 0 Å². The van der Waals surface area contributed by atoms with E-state index in [1.54, 1.807) is 4.90 Å². The number of carbonyl (C=O) groups excluding carboxylic acids is 1. The van der Waals surface area contributed by atoms with Gasteiger partial charge >= 0.3 is 144 Å². The summed E-state index contributed by atoms with van der Waals surface area (Å²) in [4.78, 5) is 14.2. The van der Waals surface area contributed by atoms with E-state index in [2.05, 4.69) is 18.2 Å². The molecule has 6 heteroatoms. The zero-order chi connectivity index (χ0) is 20.5. The Morgan fingerprint density at radius 3 is 2.77 bits per heavy atom. The molecule has 0 aromatic heterocycles. The molecule has 0 N–H and O–H groups in total. The molecule has 30 heavy (non-hydrogen) atoms. The fourth-order valence-corrected chi connectivity index (χ4v) is 5.72. The predicted octanol–water partition coefficient (Wildman–Crippen LogP) is 2.11. The molecule has 5 rings (SSSR count). The number of hydrogen-bond acceptors (Lipinski definition) is 4. The van der Waals surface area contributed by atoms with E-state index in [4.69, 9.17) is 9.47 Å². The molecular formula is C24H22IN2O3-. The van der Waals surface area contributed by atoms with Crippen molar-refractivity contribution in [3.05, 3.63) is 71.5 Å². The second kappa shape index (κ2) is 8.31. The quantitative estimate of drug-likeness (QED) is 0.454. The average molecular weight is 513 g/mol. The van der Waals surface area contributed by atoms with Crippen LogP contribution >= 0.6 is 0 Å². The number of ether oxygens (including phenoxy) is 2. The van der Waals surface area contributed by atoms with Crippen molar-refractivity contribution >= 4 is 11.8 Å². The topological polar surface area (TPSA) is 62.6 Å². The predicted molar refractivity (Wildman–Crippen MR) is 109 cm³/mol. The first-order chi connectivity index (χ1) is 14.7. The maximum absolute atomic E-state index is 12.5. The molecule has 2 heterocycles. The number of benzene rings is 2. The number of nitrogens with zero attached hydrogens (tertiary/aromatic N) is 2. The summed E-state index contributed by atoms with van der Waals surface area (Å²) >= 11 is 0.359. The molecule has 3 aliphatic rings. The molecule has 1 amide bonds. The number of hydrogen-bond donors (Lipinski definition) is 0. The molecule has 2 fully saturated rings. The Hall–Kier alpha value is -2.53. The van der Waals surface area contributed by atoms with Gasteiger partial charge in [0.05, 0.1) is 6.07 Å². The molecule has 5 nitrogen and oxygen atoms in total. The summed E-state index contributed by atoms with van der Waals surface area (Å²) in [5.74, 6) is 1.23. The molecule has 0 spiro atoms. The summed E-state index contributed by atoms with van der Waals surface area (Å²) in [6.45, 7) is 0.307. The minimum atomic E-state index is -0.322. The number of alkyl halides is 2. The number of anilines is 1. The minimum absolute atomic E-state index is 0.192. The first-order valence-corrected chi connectivity index (χ1v) is 13.0. The van der Waals surface area contributed by atoms with Crippen molar-refractivity contribution in [1.29, 1.82) is 5.26 Å². The third-order valence-electron chi connectivity index (χ3n) is 5.73. The second-order valence-corrected chi connectivity index (χ2v) is 11.0. The van der Waals surface area contributed by atoms with Gasteiger partial charge in [0.2, 0.25) is 0 Å². The van der Waals surface area contributed by atoms with E-state index in [0.29, 0.717) is 33.6 Å². The second-order valence-electron chi connectivity index (χ2n) is 7.72. The summed E-state index contributed by atoms with van der Waals surface area (Å²) < 4.78 is 13.6. The number of rotatable bonds is 5. The van der Waals surface area contributed by atoms with Crippen molar-refractivity contribution in [3.8, 4) is 11.8 Å². The van der Waals surface area contributed by atoms with Crippen molar-refractivity contribution in [3.63, 3.8) is 0 Å². The maximum atomic E-state index is 12.5. The van der Waals surface area contributed by atoms with Crippen LogP contribution in [0, 0.1) is 17.2 Å². The Bertz CT molecular complexity index is 1020. The number of nitriles is 1. The molecule has 2 aromatic carbocycles. The zero-order valence-electron chi connectivity index (χ0n) is 16.5. The number of halogens is 1. The van der Waals surface area contributed by atoms with E-state index in [1.807, 2.05) is 42.5 Å². The van der Waals surface area contributed by atoms with Crippen molar-refractivity contribution in [2.45, 2.75) is 29.2 Å². The van der Waals surface area contributed by atoms with Crippen LogP contribution < -0.4 is 30.8 Å². The van der Waals surface area contributed by atoms with Gasteiger partial charge in [0.15, 0.2) is 0 Å². The van der Waals surface area contributed by atoms with Crippen molar-refractivity contribution in [1.82, 2.24) is 0 Å². The zero-order valence-corrected chi connectivity index (χ0v) is 18.6. The van der Waals surface area contributed by atoms with Crippen molar-refractivity contribution in [2.24, 2.45) is 5.92 Å². The molecule has 2 unspecified atom stereocenters. The standard InChI is InChI=1S/C24H22IN2O3/c26-14-18-4-1-2-7-23(18)30-20-6-3-5-17(12-20)22-15-29-24(28)27(22)19-10-8-16(9-11-19)21-13-25-21/h3,5-12,18,21-22H,1-2,4,13,15H2/q-1/t18?,21?,22-/m1/s1. The number of amides is 1. The molecular weight excluding hydrogens is 491 g/mol. The molecule has 0 saturated carbocycles. The van der Waals surface area contributed by atoms with Crippen molar-refractivity contribution in [2.75, 3.05) is 15.9 Å². The molecule has 154 valence electrons. The van der Waals surface area contributed by atoms with E-state index in [-0.39, 0.29) is 18.1 Å². The third kappa shape index (κ3) is 3.91. The third-order valence-corrected chi connectivity index (χ3v) is 8.22. The first kappa shape index (κ1) is 19.4. The van der Waals surface area contributed by atoms with Gasteiger partial charge in [-0.25, -0.2) is 0 Å². The fourth-order valence-electron chi connectivity index (χ4n) is 4.03. The van der Waals surface area contributed by atoms with Crippen LogP contribution in [0.5, 0.6) is 5.75 Å². The first-order valence-electron chi connectivity index (χ1n) is 10.2. The summed E-state index contributed by atoms with van der Waals surface area (Å²) in [7, 11) is 0. The van der Waals surface area contributed by atoms with Crippen molar-refractivity contribution < 1.29 is 35.5 Å². The van der Waals surface area contributed by atoms with Crippen LogP contribution in [-0.4, -0.2) is 17.1 Å². The van der Waals surface area contributed by atoms with Crippen LogP contribution in [0.25, 0.3) is 0 Å². The van der Waals surface area contributed by atoms with Crippen LogP contribution in [0.4, 0.5) is 10.5 Å². The van der Waals surface area contributed by atoms with Crippen LogP contribution in [0.3, 0.4) is 0 Å². The monoisotopic (exact) mass is 513 g/mol. The Morgan fingerprint density at radius 1 is 1.17 bits per heavy atom. The number of carbonyl (C=O) groups is 1. The van der Waals surface area contributed by atoms with Gasteiger partial charge in [0.1, 0.15) is 5.92 Å². The van der Waals surface area contributed by atoms with Gasteiger partial charge in [-0.05, 0) is 25.3 Å². The Labute approximate surface area is 186 Å². The summed E-state index contributed by atoms with van der Waals surface area (Å²) in [6.07, 6.45) is 4.48. The van der Waals surface area contributed by atoms with E-state index < -0.39 is 0 Å². The average Bonchev–Trinajstić information content (AvgIpc) is 3.56. The van der Waals surface area contributed by atoms with Gasteiger partial charge in [0.25, 0.3) is 0 Å². The van der Waals surface area contributed by atoms with E-state index in [1.165, 1.54) is 9.99 Å². The molecule has 0 bridgehead atoms. The van der Waals surface area contributed by atoms with E-state index in [0.717, 1.165) is 40.2 Å². The van der Waals surface area contributed by atoms with Gasteiger partial charge in [0, 0.05) is 0 Å². The van der Waals surface area contributed by atoms with Gasteiger partial charge in [-0.3, -0.25) is 0 Å². The molecule has 3 atom stereocenters. The molecule has 0 radical (unpaired) electrons. The van der Waals surface area contributed by atoms with E-state index in [9.17, 15) is 10.1 Å². The molecule has 2 aromatic rings. The van der Waals surface area contributed by atoms with E-state index >= 15 is 0 Å². The summed E-state index contributed by atoms with van der Waals surface area (Å²) in [5, 5.41) is 9.38. The number of allylic oxidation sites excluding steroid dienone is 2. The molecule has 1 aliphatic carbocycles. The SMILES string of the molecule is N#CC1CCCC=C1Oc1cccc([C@H]2COC(=O)N2c2ccc(C3C[I-]3)cc2)c1. The Balaban J connectivity index is 1.38. The normalized spacial score (nSPS) is 25.6. The summed E-state index contributed by atoms with van der Waals surface area (Å²) in [5.41, 5.74) is 3.20. The van der Waals surface area contributed by atoms with Gasteiger partial charge < -0.3 is 0 Å². The van der Waals surface area contributed by atoms with Gasteiger partial charge in [-0.1, -0.05) is 0 Å². The van der Waals surface area contributed by atoms with Gasteiger partial charge in [-0.2, -0.15) is 5.26 Å². The number of cyclic esters (lactones) is 1. The van der Waals surface area contributed by atoms with Crippen LogP contribution in [0.15, 0.2) is 60.4 Å². The Kier molecular flexibility index (Phi) is 5.38. The molecule has 2 saturated heterocycles. The van der Waals surface area contributed by atoms with Gasteiger partial charge in [-0.15, -0.1) is 0 Å². The van der Waals surface area contributed by atoms with Crippen LogP contribution in [-0.2, 0) is 4.74 Å². The van der Waals surface area contributed by atoms with Crippen LogP contribution in [0.1, 0.15) is 40.4 Å². The molecule has 2 aliphatic heterocycles. The Morgan fingerprint density at radius 2 is 2.00 bits per heavy atom. The summed E-state index contributed by atoms with van der Waals surface area (Å²) in [6, 6.07) is 18.2.